The summed E-state index contributed by atoms with van der Waals surface area (Å²) >= 11 is 0. The van der Waals surface area contributed by atoms with E-state index in [9.17, 15) is 0 Å². The summed E-state index contributed by atoms with van der Waals surface area (Å²) < 4.78 is 0. The smallest absolute Gasteiger partial charge is 0.0817 e. The summed E-state index contributed by atoms with van der Waals surface area (Å²) in [6.07, 6.45) is 2.57. The highest BCUT2D eigenvalue weighted by Crippen LogP contribution is 1.97. The average Bonchev–Trinajstić information content (AvgIpc) is 2.07. The van der Waals surface area contributed by atoms with E-state index < -0.39 is 0 Å². The maximum Gasteiger partial charge on any atom is 0.172 e. The molecule has 0 nitrogen and oxygen atoms in total. The summed E-state index contributed by atoms with van der Waals surface area (Å²) in [4.78, 5) is 0. The van der Waals surface area contributed by atoms with Crippen molar-refractivity contribution in [1.29, 1.82) is 0 Å². The van der Waals surface area contributed by atoms with Gasteiger partial charge >= 0.3 is 0 Å². The SMILES string of the molecule is CCCB(C)c1ccccc1. The Morgan fingerprint density at radius 3 is 2.36 bits per heavy atom. The van der Waals surface area contributed by atoms with Gasteiger partial charge in [0, 0.05) is 0 Å². The summed E-state index contributed by atoms with van der Waals surface area (Å²) in [5, 5.41) is 0. The highest BCUT2D eigenvalue weighted by atomic mass is 13.8. The van der Waals surface area contributed by atoms with Crippen molar-refractivity contribution in [3.05, 3.63) is 30.3 Å². The molecule has 1 aromatic carbocycles. The fourth-order valence-electron chi connectivity index (χ4n) is 1.38. The van der Waals surface area contributed by atoms with Crippen LogP contribution in [0.4, 0.5) is 0 Å². The Labute approximate surface area is 69.7 Å². The van der Waals surface area contributed by atoms with Crippen LogP contribution in [0.5, 0.6) is 0 Å². The van der Waals surface area contributed by atoms with Crippen molar-refractivity contribution < 1.29 is 0 Å². The number of hydrogen-bond donors (Lipinski definition) is 0. The lowest BCUT2D eigenvalue weighted by atomic mass is 9.44. The van der Waals surface area contributed by atoms with Gasteiger partial charge < -0.3 is 0 Å². The Hall–Kier alpha value is -0.715. The third kappa shape index (κ3) is 2.41. The van der Waals surface area contributed by atoms with Gasteiger partial charge in [0.05, 0.1) is 0 Å². The third-order valence-electron chi connectivity index (χ3n) is 2.09. The lowest BCUT2D eigenvalue weighted by Crippen LogP contribution is -2.25. The molecule has 0 fully saturated rings. The summed E-state index contributed by atoms with van der Waals surface area (Å²) in [7, 11) is 0. The molecule has 0 heterocycles. The monoisotopic (exact) mass is 146 g/mol. The van der Waals surface area contributed by atoms with Gasteiger partial charge in [-0.15, -0.1) is 0 Å². The van der Waals surface area contributed by atoms with E-state index in [-0.39, 0.29) is 0 Å². The second-order valence-electron chi connectivity index (χ2n) is 3.10. The molecule has 0 radical (unpaired) electrons. The van der Waals surface area contributed by atoms with E-state index in [0.717, 1.165) is 6.71 Å². The fourth-order valence-corrected chi connectivity index (χ4v) is 1.38. The van der Waals surface area contributed by atoms with E-state index in [1.165, 1.54) is 18.2 Å². The van der Waals surface area contributed by atoms with Crippen molar-refractivity contribution in [1.82, 2.24) is 0 Å². The standard InChI is InChI=1S/C10H15B/c1-3-9-11(2)10-7-5-4-6-8-10/h4-8H,3,9H2,1-2H3. The van der Waals surface area contributed by atoms with Gasteiger partial charge in [-0.1, -0.05) is 62.3 Å². The van der Waals surface area contributed by atoms with E-state index in [0.29, 0.717) is 0 Å². The van der Waals surface area contributed by atoms with Crippen LogP contribution in [-0.2, 0) is 0 Å². The van der Waals surface area contributed by atoms with Crippen molar-refractivity contribution in [2.75, 3.05) is 0 Å². The minimum Gasteiger partial charge on any atom is -0.0817 e. The van der Waals surface area contributed by atoms with Crippen LogP contribution in [0.2, 0.25) is 13.1 Å². The molecular weight excluding hydrogens is 131 g/mol. The Morgan fingerprint density at radius 1 is 1.18 bits per heavy atom. The first-order chi connectivity index (χ1) is 5.34. The van der Waals surface area contributed by atoms with Crippen LogP contribution in [0.25, 0.3) is 0 Å². The van der Waals surface area contributed by atoms with Crippen molar-refractivity contribution >= 4 is 12.2 Å². The fraction of sp³-hybridized carbons (Fsp3) is 0.400. The molecule has 0 spiro atoms. The van der Waals surface area contributed by atoms with Crippen LogP contribution in [0, 0.1) is 0 Å². The van der Waals surface area contributed by atoms with Crippen LogP contribution >= 0.6 is 0 Å². The minimum absolute atomic E-state index is 0.723. The summed E-state index contributed by atoms with van der Waals surface area (Å²) in [5.74, 6) is 0. The predicted octanol–water partition coefficient (Wildman–Crippen LogP) is 2.43. The molecular formula is C10H15B. The lowest BCUT2D eigenvalue weighted by molar-refractivity contribution is 1.07. The molecule has 0 bridgehead atoms. The van der Waals surface area contributed by atoms with Gasteiger partial charge in [0.25, 0.3) is 0 Å². The van der Waals surface area contributed by atoms with E-state index in [1.54, 1.807) is 0 Å². The molecule has 1 heteroatoms. The molecule has 0 saturated carbocycles. The van der Waals surface area contributed by atoms with Crippen molar-refractivity contribution in [2.45, 2.75) is 26.5 Å². The first kappa shape index (κ1) is 8.38. The van der Waals surface area contributed by atoms with Crippen LogP contribution in [0.15, 0.2) is 30.3 Å². The van der Waals surface area contributed by atoms with E-state index in [4.69, 9.17) is 0 Å². The molecule has 0 unspecified atom stereocenters. The second kappa shape index (κ2) is 4.22. The van der Waals surface area contributed by atoms with Gasteiger partial charge in [-0.2, -0.15) is 0 Å². The quantitative estimate of drug-likeness (QED) is 0.574. The summed E-state index contributed by atoms with van der Waals surface area (Å²) in [6.45, 7) is 5.25. The summed E-state index contributed by atoms with van der Waals surface area (Å²) in [5.41, 5.74) is 1.47. The lowest BCUT2D eigenvalue weighted by Gasteiger charge is -2.05. The van der Waals surface area contributed by atoms with Crippen molar-refractivity contribution in [3.8, 4) is 0 Å². The zero-order valence-corrected chi connectivity index (χ0v) is 7.38. The largest absolute Gasteiger partial charge is 0.172 e. The molecule has 11 heavy (non-hydrogen) atoms. The van der Waals surface area contributed by atoms with Crippen molar-refractivity contribution in [3.63, 3.8) is 0 Å². The molecule has 1 aromatic rings. The van der Waals surface area contributed by atoms with Crippen LogP contribution in [0.3, 0.4) is 0 Å². The Bertz CT molecular complexity index is 193. The molecule has 1 rings (SSSR count). The minimum atomic E-state index is 0.723. The van der Waals surface area contributed by atoms with Crippen LogP contribution < -0.4 is 5.46 Å². The van der Waals surface area contributed by atoms with Gasteiger partial charge in [0.2, 0.25) is 0 Å². The maximum atomic E-state index is 2.29. The van der Waals surface area contributed by atoms with Crippen LogP contribution in [0.1, 0.15) is 13.3 Å². The molecule has 58 valence electrons. The van der Waals surface area contributed by atoms with Crippen LogP contribution in [-0.4, -0.2) is 6.71 Å². The average molecular weight is 146 g/mol. The first-order valence-electron chi connectivity index (χ1n) is 4.39. The van der Waals surface area contributed by atoms with E-state index >= 15 is 0 Å². The molecule has 0 aliphatic heterocycles. The molecule has 0 atom stereocenters. The molecule has 0 saturated heterocycles. The van der Waals surface area contributed by atoms with Crippen molar-refractivity contribution in [2.24, 2.45) is 0 Å². The second-order valence-corrected chi connectivity index (χ2v) is 3.10. The van der Waals surface area contributed by atoms with Gasteiger partial charge in [0.15, 0.2) is 6.71 Å². The first-order valence-corrected chi connectivity index (χ1v) is 4.39. The Kier molecular flexibility index (Phi) is 3.22. The number of rotatable bonds is 3. The molecule has 0 amide bonds. The molecule has 0 N–H and O–H groups in total. The third-order valence-corrected chi connectivity index (χ3v) is 2.09. The Morgan fingerprint density at radius 2 is 1.82 bits per heavy atom. The predicted molar refractivity (Wildman–Crippen MR) is 52.8 cm³/mol. The van der Waals surface area contributed by atoms with Gasteiger partial charge in [0.1, 0.15) is 0 Å². The number of hydrogen-bond acceptors (Lipinski definition) is 0. The Balaban J connectivity index is 2.61. The maximum absolute atomic E-state index is 2.29. The summed E-state index contributed by atoms with van der Waals surface area (Å²) in [6, 6.07) is 10.7. The molecule has 0 aliphatic carbocycles. The topological polar surface area (TPSA) is 0 Å². The van der Waals surface area contributed by atoms with Gasteiger partial charge in [-0.25, -0.2) is 0 Å². The zero-order valence-electron chi connectivity index (χ0n) is 7.38. The molecule has 0 aliphatic rings. The number of benzene rings is 1. The highest BCUT2D eigenvalue weighted by molar-refractivity contribution is 6.71. The van der Waals surface area contributed by atoms with E-state index in [2.05, 4.69) is 44.1 Å². The highest BCUT2D eigenvalue weighted by Gasteiger charge is 2.06. The zero-order chi connectivity index (χ0) is 8.10. The van der Waals surface area contributed by atoms with E-state index in [1.807, 2.05) is 0 Å². The van der Waals surface area contributed by atoms with Gasteiger partial charge in [-0.05, 0) is 0 Å². The molecule has 0 aromatic heterocycles. The van der Waals surface area contributed by atoms with Gasteiger partial charge in [-0.3, -0.25) is 0 Å². The normalized spacial score (nSPS) is 9.64.